The molecule has 3 heterocycles. The first-order valence-electron chi connectivity index (χ1n) is 12.6. The van der Waals surface area contributed by atoms with Gasteiger partial charge in [-0.1, -0.05) is 11.6 Å². The molecule has 0 spiro atoms. The molecule has 10 heteroatoms. The van der Waals surface area contributed by atoms with Crippen molar-refractivity contribution in [1.29, 1.82) is 0 Å². The van der Waals surface area contributed by atoms with E-state index in [1.165, 1.54) is 7.11 Å². The number of methoxy groups -OCH3 is 2. The number of nitrogens with zero attached hydrogens (tertiary/aromatic N) is 3. The first kappa shape index (κ1) is 25.8. The molecule has 2 N–H and O–H groups in total. The standard InChI is InChI=1S/C28H30ClN5O4/c1-4-38-19-7-5-17(6-8-19)23-15-25-31-26(18-9-11-30-12-10-18)21(16-34(25)33-23)28(35)32-27-22(29)13-20(36-2)14-24(27)37-3/h5-8,13-16,18,30H,4,9-12H2,1-3H3,(H,32,35). The number of anilines is 1. The van der Waals surface area contributed by atoms with Gasteiger partial charge in [0, 0.05) is 35.9 Å². The molecule has 38 heavy (non-hydrogen) atoms. The van der Waals surface area contributed by atoms with Crippen LogP contribution in [0.15, 0.2) is 48.7 Å². The highest BCUT2D eigenvalue weighted by Crippen LogP contribution is 2.38. The van der Waals surface area contributed by atoms with Gasteiger partial charge in [0.15, 0.2) is 5.65 Å². The van der Waals surface area contributed by atoms with E-state index in [1.807, 2.05) is 37.3 Å². The maximum absolute atomic E-state index is 13.7. The van der Waals surface area contributed by atoms with Crippen LogP contribution in [0.4, 0.5) is 5.69 Å². The molecule has 1 fully saturated rings. The topological polar surface area (TPSA) is 99.0 Å². The van der Waals surface area contributed by atoms with Gasteiger partial charge >= 0.3 is 0 Å². The van der Waals surface area contributed by atoms with Crippen molar-refractivity contribution in [3.8, 4) is 28.5 Å². The van der Waals surface area contributed by atoms with Gasteiger partial charge in [0.25, 0.3) is 5.91 Å². The van der Waals surface area contributed by atoms with E-state index in [-0.39, 0.29) is 11.8 Å². The lowest BCUT2D eigenvalue weighted by atomic mass is 9.91. The molecule has 2 aromatic heterocycles. The van der Waals surface area contributed by atoms with Crippen molar-refractivity contribution in [3.63, 3.8) is 0 Å². The number of amides is 1. The van der Waals surface area contributed by atoms with Crippen molar-refractivity contribution >= 4 is 28.8 Å². The molecule has 4 aromatic rings. The van der Waals surface area contributed by atoms with Crippen LogP contribution in [-0.4, -0.2) is 54.4 Å². The number of hydrogen-bond donors (Lipinski definition) is 2. The normalized spacial score (nSPS) is 13.9. The van der Waals surface area contributed by atoms with Crippen LogP contribution in [0.1, 0.15) is 41.7 Å². The summed E-state index contributed by atoms with van der Waals surface area (Å²) in [6.07, 6.45) is 3.52. The molecule has 1 aliphatic rings. The monoisotopic (exact) mass is 535 g/mol. The molecule has 0 radical (unpaired) electrons. The smallest absolute Gasteiger partial charge is 0.259 e. The quantitative estimate of drug-likeness (QED) is 0.320. The van der Waals surface area contributed by atoms with Crippen LogP contribution < -0.4 is 24.8 Å². The molecular formula is C28H30ClN5O4. The highest BCUT2D eigenvalue weighted by molar-refractivity contribution is 6.34. The first-order valence-corrected chi connectivity index (χ1v) is 13.0. The Hall–Kier alpha value is -3.82. The summed E-state index contributed by atoms with van der Waals surface area (Å²) in [5.41, 5.74) is 3.93. The first-order chi connectivity index (χ1) is 18.5. The number of fused-ring (bicyclic) bond motifs is 1. The van der Waals surface area contributed by atoms with Gasteiger partial charge in [0.05, 0.1) is 42.8 Å². The van der Waals surface area contributed by atoms with E-state index in [4.69, 9.17) is 35.9 Å². The summed E-state index contributed by atoms with van der Waals surface area (Å²) in [6.45, 7) is 4.30. The zero-order valence-corrected chi connectivity index (χ0v) is 22.3. The van der Waals surface area contributed by atoms with E-state index in [0.29, 0.717) is 40.0 Å². The molecule has 0 atom stereocenters. The molecule has 2 aromatic carbocycles. The maximum Gasteiger partial charge on any atom is 0.259 e. The summed E-state index contributed by atoms with van der Waals surface area (Å²) in [7, 11) is 3.06. The predicted octanol–water partition coefficient (Wildman–Crippen LogP) is 5.18. The third kappa shape index (κ3) is 5.25. The molecular weight excluding hydrogens is 506 g/mol. The highest BCUT2D eigenvalue weighted by Gasteiger charge is 2.26. The van der Waals surface area contributed by atoms with Crippen LogP contribution in [0.5, 0.6) is 17.2 Å². The lowest BCUT2D eigenvalue weighted by molar-refractivity contribution is 0.102. The van der Waals surface area contributed by atoms with E-state index in [1.54, 1.807) is 30.0 Å². The van der Waals surface area contributed by atoms with Gasteiger partial charge in [-0.25, -0.2) is 9.50 Å². The molecule has 0 saturated carbocycles. The van der Waals surface area contributed by atoms with Crippen molar-refractivity contribution in [1.82, 2.24) is 19.9 Å². The van der Waals surface area contributed by atoms with E-state index in [0.717, 1.165) is 48.6 Å². The number of piperidine rings is 1. The molecule has 0 bridgehead atoms. The zero-order chi connectivity index (χ0) is 26.6. The van der Waals surface area contributed by atoms with Crippen molar-refractivity contribution < 1.29 is 19.0 Å². The highest BCUT2D eigenvalue weighted by atomic mass is 35.5. The third-order valence-electron chi connectivity index (χ3n) is 6.63. The van der Waals surface area contributed by atoms with E-state index >= 15 is 0 Å². The van der Waals surface area contributed by atoms with Crippen molar-refractivity contribution in [3.05, 3.63) is 64.9 Å². The van der Waals surface area contributed by atoms with Crippen molar-refractivity contribution in [2.24, 2.45) is 0 Å². The molecule has 0 unspecified atom stereocenters. The number of carbonyl (C=O) groups excluding carboxylic acids is 1. The SMILES string of the molecule is CCOc1ccc(-c2cc3nc(C4CCNCC4)c(C(=O)Nc4c(Cl)cc(OC)cc4OC)cn3n2)cc1. The van der Waals surface area contributed by atoms with Gasteiger partial charge in [-0.3, -0.25) is 4.79 Å². The van der Waals surface area contributed by atoms with Gasteiger partial charge in [-0.05, 0) is 57.1 Å². The van der Waals surface area contributed by atoms with Crippen molar-refractivity contribution in [2.45, 2.75) is 25.7 Å². The number of aromatic nitrogens is 3. The molecule has 0 aliphatic carbocycles. The van der Waals surface area contributed by atoms with Gasteiger partial charge in [-0.15, -0.1) is 0 Å². The fraction of sp³-hybridized carbons (Fsp3) is 0.321. The Balaban J connectivity index is 1.54. The van der Waals surface area contributed by atoms with Crippen LogP contribution in [0, 0.1) is 0 Å². The molecule has 198 valence electrons. The fourth-order valence-corrected chi connectivity index (χ4v) is 4.93. The average molecular weight is 536 g/mol. The molecule has 1 amide bonds. The Kier molecular flexibility index (Phi) is 7.67. The van der Waals surface area contributed by atoms with Gasteiger partial charge in [0.1, 0.15) is 22.9 Å². The number of benzene rings is 2. The van der Waals surface area contributed by atoms with Crippen LogP contribution in [0.3, 0.4) is 0 Å². The molecule has 1 aliphatic heterocycles. The fourth-order valence-electron chi connectivity index (χ4n) is 4.69. The Labute approximate surface area is 226 Å². The van der Waals surface area contributed by atoms with Crippen LogP contribution in [0.25, 0.3) is 16.9 Å². The summed E-state index contributed by atoms with van der Waals surface area (Å²) in [5.74, 6) is 1.53. The summed E-state index contributed by atoms with van der Waals surface area (Å²) < 4.78 is 17.9. The number of ether oxygens (including phenoxy) is 3. The Morgan fingerprint density at radius 2 is 1.87 bits per heavy atom. The summed E-state index contributed by atoms with van der Waals surface area (Å²) in [5, 5.41) is 11.3. The van der Waals surface area contributed by atoms with Crippen LogP contribution in [-0.2, 0) is 0 Å². The Morgan fingerprint density at radius 3 is 2.55 bits per heavy atom. The van der Waals surface area contributed by atoms with E-state index < -0.39 is 0 Å². The minimum absolute atomic E-state index is 0.138. The summed E-state index contributed by atoms with van der Waals surface area (Å²) in [6, 6.07) is 13.0. The lowest BCUT2D eigenvalue weighted by Gasteiger charge is -2.24. The summed E-state index contributed by atoms with van der Waals surface area (Å²) >= 11 is 6.48. The lowest BCUT2D eigenvalue weighted by Crippen LogP contribution is -2.29. The van der Waals surface area contributed by atoms with Crippen LogP contribution >= 0.6 is 11.6 Å². The zero-order valence-electron chi connectivity index (χ0n) is 21.6. The number of hydrogen-bond acceptors (Lipinski definition) is 7. The molecule has 5 rings (SSSR count). The van der Waals surface area contributed by atoms with Crippen LogP contribution in [0.2, 0.25) is 5.02 Å². The average Bonchev–Trinajstić information content (AvgIpc) is 3.37. The predicted molar refractivity (Wildman–Crippen MR) is 147 cm³/mol. The van der Waals surface area contributed by atoms with Crippen molar-refractivity contribution in [2.75, 3.05) is 39.2 Å². The number of halogens is 1. The third-order valence-corrected chi connectivity index (χ3v) is 6.93. The van der Waals surface area contributed by atoms with Gasteiger partial charge in [-0.2, -0.15) is 5.10 Å². The second-order valence-electron chi connectivity index (χ2n) is 8.99. The van der Waals surface area contributed by atoms with E-state index in [9.17, 15) is 4.79 Å². The second kappa shape index (κ2) is 11.3. The van der Waals surface area contributed by atoms with E-state index in [2.05, 4.69) is 10.6 Å². The van der Waals surface area contributed by atoms with Gasteiger partial charge < -0.3 is 24.8 Å². The van der Waals surface area contributed by atoms with Gasteiger partial charge in [0.2, 0.25) is 0 Å². The minimum atomic E-state index is -0.337. The molecule has 9 nitrogen and oxygen atoms in total. The molecule has 1 saturated heterocycles. The number of carbonyl (C=O) groups is 1. The second-order valence-corrected chi connectivity index (χ2v) is 9.40. The Morgan fingerprint density at radius 1 is 1.11 bits per heavy atom. The number of rotatable bonds is 8. The Bertz CT molecular complexity index is 1450. The number of nitrogens with one attached hydrogen (secondary N) is 2. The largest absolute Gasteiger partial charge is 0.497 e. The maximum atomic E-state index is 13.7. The minimum Gasteiger partial charge on any atom is -0.497 e. The summed E-state index contributed by atoms with van der Waals surface area (Å²) in [4.78, 5) is 18.7.